The fourth-order valence-electron chi connectivity index (χ4n) is 1.59. The predicted octanol–water partition coefficient (Wildman–Crippen LogP) is 3.41. The lowest BCUT2D eigenvalue weighted by molar-refractivity contribution is -0.210. The van der Waals surface area contributed by atoms with Gasteiger partial charge in [-0.1, -0.05) is 48.5 Å². The Labute approximate surface area is 108 Å². The molecule has 0 radical (unpaired) electrons. The fourth-order valence-corrected chi connectivity index (χ4v) is 1.59. The lowest BCUT2D eigenvalue weighted by Gasteiger charge is -2.16. The van der Waals surface area contributed by atoms with Crippen LogP contribution in [0.1, 0.15) is 0 Å². The van der Waals surface area contributed by atoms with Crippen molar-refractivity contribution in [2.75, 3.05) is 0 Å². The summed E-state index contributed by atoms with van der Waals surface area (Å²) in [5.41, 5.74) is 1.07. The molecule has 0 unspecified atom stereocenters. The summed E-state index contributed by atoms with van der Waals surface area (Å²) in [5, 5.41) is 8.39. The molecule has 5 heteroatoms. The number of carboxylic acids is 1. The van der Waals surface area contributed by atoms with E-state index in [1.54, 1.807) is 42.5 Å². The SMILES string of the molecule is O=C(O)C(F)(F)Oc1ccccc1-c1ccccc1. The molecule has 0 bridgehead atoms. The number of carbonyl (C=O) groups is 1. The number of ether oxygens (including phenoxy) is 1. The van der Waals surface area contributed by atoms with Gasteiger partial charge in [0.1, 0.15) is 5.75 Å². The average Bonchev–Trinajstić information content (AvgIpc) is 2.40. The van der Waals surface area contributed by atoms with Crippen LogP contribution in [0.4, 0.5) is 8.78 Å². The molecule has 0 spiro atoms. The van der Waals surface area contributed by atoms with Crippen LogP contribution in [-0.4, -0.2) is 17.2 Å². The summed E-state index contributed by atoms with van der Waals surface area (Å²) in [6.07, 6.45) is -4.26. The molecule has 0 fully saturated rings. The Morgan fingerprint density at radius 2 is 1.58 bits per heavy atom. The molecule has 0 saturated carbocycles. The first-order valence-electron chi connectivity index (χ1n) is 5.45. The van der Waals surface area contributed by atoms with Crippen LogP contribution < -0.4 is 4.74 Å². The van der Waals surface area contributed by atoms with E-state index >= 15 is 0 Å². The van der Waals surface area contributed by atoms with Crippen molar-refractivity contribution < 1.29 is 23.4 Å². The molecule has 0 aliphatic heterocycles. The molecule has 98 valence electrons. The smallest absolute Gasteiger partial charge is 0.474 e. The molecular formula is C14H10F2O3. The summed E-state index contributed by atoms with van der Waals surface area (Å²) >= 11 is 0. The van der Waals surface area contributed by atoms with Gasteiger partial charge >= 0.3 is 12.1 Å². The van der Waals surface area contributed by atoms with Gasteiger partial charge in [0.05, 0.1) is 0 Å². The van der Waals surface area contributed by atoms with Crippen LogP contribution in [0.25, 0.3) is 11.1 Å². The van der Waals surface area contributed by atoms with E-state index in [0.717, 1.165) is 0 Å². The van der Waals surface area contributed by atoms with E-state index in [0.29, 0.717) is 11.1 Å². The highest BCUT2D eigenvalue weighted by atomic mass is 19.3. The van der Waals surface area contributed by atoms with Crippen molar-refractivity contribution in [3.63, 3.8) is 0 Å². The Morgan fingerprint density at radius 3 is 2.21 bits per heavy atom. The second-order valence-electron chi connectivity index (χ2n) is 3.79. The molecule has 2 aromatic carbocycles. The quantitative estimate of drug-likeness (QED) is 0.920. The molecule has 0 saturated heterocycles. The molecule has 2 aromatic rings. The molecule has 2 rings (SSSR count). The van der Waals surface area contributed by atoms with Crippen molar-refractivity contribution in [1.82, 2.24) is 0 Å². The van der Waals surface area contributed by atoms with Gasteiger partial charge in [0.2, 0.25) is 0 Å². The second kappa shape index (κ2) is 5.06. The Morgan fingerprint density at radius 1 is 1.00 bits per heavy atom. The van der Waals surface area contributed by atoms with E-state index in [9.17, 15) is 13.6 Å². The first kappa shape index (κ1) is 13.0. The Hall–Kier alpha value is -2.43. The number of para-hydroxylation sites is 1. The third-order valence-corrected chi connectivity index (χ3v) is 2.46. The maximum Gasteiger partial charge on any atom is 0.501 e. The Bertz CT molecular complexity index is 582. The molecule has 0 amide bonds. The zero-order valence-corrected chi connectivity index (χ0v) is 9.72. The van der Waals surface area contributed by atoms with Crippen LogP contribution in [0.3, 0.4) is 0 Å². The number of hydrogen-bond donors (Lipinski definition) is 1. The van der Waals surface area contributed by atoms with Gasteiger partial charge in [-0.2, -0.15) is 8.78 Å². The summed E-state index contributed by atoms with van der Waals surface area (Å²) in [5.74, 6) is -2.50. The van der Waals surface area contributed by atoms with Crippen molar-refractivity contribution in [3.05, 3.63) is 54.6 Å². The van der Waals surface area contributed by atoms with Crippen molar-refractivity contribution in [3.8, 4) is 16.9 Å². The molecule has 0 aliphatic rings. The van der Waals surface area contributed by atoms with E-state index in [2.05, 4.69) is 4.74 Å². The van der Waals surface area contributed by atoms with Crippen LogP contribution >= 0.6 is 0 Å². The molecular weight excluding hydrogens is 254 g/mol. The maximum atomic E-state index is 13.1. The number of carboxylic acid groups (broad SMARTS) is 1. The van der Waals surface area contributed by atoms with Crippen molar-refractivity contribution in [2.24, 2.45) is 0 Å². The third kappa shape index (κ3) is 2.88. The van der Waals surface area contributed by atoms with Crippen LogP contribution in [0.2, 0.25) is 0 Å². The van der Waals surface area contributed by atoms with Gasteiger partial charge in [0, 0.05) is 5.56 Å². The normalized spacial score (nSPS) is 11.1. The van der Waals surface area contributed by atoms with E-state index in [-0.39, 0.29) is 5.75 Å². The summed E-state index contributed by atoms with van der Waals surface area (Å²) in [4.78, 5) is 10.4. The first-order valence-corrected chi connectivity index (χ1v) is 5.45. The van der Waals surface area contributed by atoms with Crippen molar-refractivity contribution in [1.29, 1.82) is 0 Å². The van der Waals surface area contributed by atoms with Gasteiger partial charge in [-0.25, -0.2) is 4.79 Å². The average molecular weight is 264 g/mol. The summed E-state index contributed by atoms with van der Waals surface area (Å²) < 4.78 is 30.5. The third-order valence-electron chi connectivity index (χ3n) is 2.46. The molecule has 0 atom stereocenters. The van der Waals surface area contributed by atoms with E-state index in [1.807, 2.05) is 0 Å². The van der Waals surface area contributed by atoms with Crippen molar-refractivity contribution >= 4 is 5.97 Å². The second-order valence-corrected chi connectivity index (χ2v) is 3.79. The largest absolute Gasteiger partial charge is 0.501 e. The van der Waals surface area contributed by atoms with Gasteiger partial charge in [-0.15, -0.1) is 0 Å². The number of rotatable bonds is 4. The zero-order chi connectivity index (χ0) is 13.9. The minimum atomic E-state index is -4.26. The highest BCUT2D eigenvalue weighted by molar-refractivity contribution is 5.75. The number of aliphatic carboxylic acids is 1. The fraction of sp³-hybridized carbons (Fsp3) is 0.0714. The number of alkyl halides is 2. The number of benzene rings is 2. The predicted molar refractivity (Wildman–Crippen MR) is 65.1 cm³/mol. The topological polar surface area (TPSA) is 46.5 Å². The van der Waals surface area contributed by atoms with Crippen LogP contribution in [0.5, 0.6) is 5.75 Å². The molecule has 3 nitrogen and oxygen atoms in total. The summed E-state index contributed by atoms with van der Waals surface area (Å²) in [6.45, 7) is 0. The molecule has 1 N–H and O–H groups in total. The van der Waals surface area contributed by atoms with Crippen LogP contribution in [0.15, 0.2) is 54.6 Å². The lowest BCUT2D eigenvalue weighted by Crippen LogP contribution is -2.34. The number of halogens is 2. The van der Waals surface area contributed by atoms with Gasteiger partial charge < -0.3 is 9.84 Å². The molecule has 19 heavy (non-hydrogen) atoms. The monoisotopic (exact) mass is 264 g/mol. The highest BCUT2D eigenvalue weighted by Crippen LogP contribution is 2.33. The van der Waals surface area contributed by atoms with Gasteiger partial charge in [0.15, 0.2) is 0 Å². The van der Waals surface area contributed by atoms with Crippen molar-refractivity contribution in [2.45, 2.75) is 6.11 Å². The summed E-state index contributed by atoms with van der Waals surface area (Å²) in [7, 11) is 0. The van der Waals surface area contributed by atoms with Crippen LogP contribution in [0, 0.1) is 0 Å². The number of hydrogen-bond acceptors (Lipinski definition) is 2. The minimum Gasteiger partial charge on any atom is -0.474 e. The van der Waals surface area contributed by atoms with Gasteiger partial charge in [-0.05, 0) is 11.6 Å². The Balaban J connectivity index is 2.40. The molecule has 0 aromatic heterocycles. The van der Waals surface area contributed by atoms with Gasteiger partial charge in [0.25, 0.3) is 0 Å². The highest BCUT2D eigenvalue weighted by Gasteiger charge is 2.42. The molecule has 0 heterocycles. The Kier molecular flexibility index (Phi) is 3.46. The summed E-state index contributed by atoms with van der Waals surface area (Å²) in [6, 6.07) is 14.8. The minimum absolute atomic E-state index is 0.180. The van der Waals surface area contributed by atoms with E-state index in [4.69, 9.17) is 5.11 Å². The molecule has 0 aliphatic carbocycles. The maximum absolute atomic E-state index is 13.1. The van der Waals surface area contributed by atoms with E-state index in [1.165, 1.54) is 12.1 Å². The van der Waals surface area contributed by atoms with Crippen LogP contribution in [-0.2, 0) is 4.79 Å². The standard InChI is InChI=1S/C14H10F2O3/c15-14(16,13(17)18)19-12-9-5-4-8-11(12)10-6-2-1-3-7-10/h1-9H,(H,17,18). The lowest BCUT2D eigenvalue weighted by atomic mass is 10.1. The van der Waals surface area contributed by atoms with E-state index < -0.39 is 12.1 Å². The van der Waals surface area contributed by atoms with Gasteiger partial charge in [-0.3, -0.25) is 0 Å². The zero-order valence-electron chi connectivity index (χ0n) is 9.72. The first-order chi connectivity index (χ1) is 9.00.